The molecular formula is C9H11N3O3S. The van der Waals surface area contributed by atoms with Crippen molar-refractivity contribution in [3.63, 3.8) is 0 Å². The van der Waals surface area contributed by atoms with Gasteiger partial charge in [0.25, 0.3) is 5.69 Å². The number of ether oxygens (including phenoxy) is 1. The van der Waals surface area contributed by atoms with Crippen LogP contribution < -0.4 is 15.4 Å². The highest BCUT2D eigenvalue weighted by molar-refractivity contribution is 7.80. The summed E-state index contributed by atoms with van der Waals surface area (Å²) >= 11 is 4.87. The van der Waals surface area contributed by atoms with Crippen molar-refractivity contribution in [3.8, 4) is 5.75 Å². The van der Waals surface area contributed by atoms with Crippen molar-refractivity contribution in [1.82, 2.24) is 5.32 Å². The van der Waals surface area contributed by atoms with E-state index < -0.39 is 4.92 Å². The number of thiocarbonyl (C=S) groups is 1. The number of hydrogen-bond donors (Lipinski definition) is 2. The summed E-state index contributed by atoms with van der Waals surface area (Å²) in [6.45, 7) is 0. The number of nitrogens with zero attached hydrogens (tertiary/aromatic N) is 1. The van der Waals surface area contributed by atoms with Gasteiger partial charge in [-0.15, -0.1) is 0 Å². The van der Waals surface area contributed by atoms with E-state index >= 15 is 0 Å². The molecule has 2 N–H and O–H groups in total. The van der Waals surface area contributed by atoms with Crippen LogP contribution in [-0.4, -0.2) is 24.2 Å². The van der Waals surface area contributed by atoms with Crippen LogP contribution in [0, 0.1) is 10.1 Å². The first-order chi connectivity index (χ1) is 7.58. The fraction of sp³-hybridized carbons (Fsp3) is 0.222. The van der Waals surface area contributed by atoms with E-state index in [1.54, 1.807) is 19.2 Å². The highest BCUT2D eigenvalue weighted by atomic mass is 32.1. The molecule has 0 amide bonds. The van der Waals surface area contributed by atoms with Gasteiger partial charge < -0.3 is 15.4 Å². The van der Waals surface area contributed by atoms with Crippen LogP contribution in [0.3, 0.4) is 0 Å². The van der Waals surface area contributed by atoms with Gasteiger partial charge in [-0.05, 0) is 24.4 Å². The Balaban J connectivity index is 3.08. The lowest BCUT2D eigenvalue weighted by Gasteiger charge is -2.08. The number of anilines is 1. The summed E-state index contributed by atoms with van der Waals surface area (Å²) in [5, 5.41) is 16.5. The molecule has 0 aliphatic rings. The Morgan fingerprint density at radius 3 is 2.75 bits per heavy atom. The summed E-state index contributed by atoms with van der Waals surface area (Å²) in [6.07, 6.45) is 0. The Morgan fingerprint density at radius 2 is 2.25 bits per heavy atom. The van der Waals surface area contributed by atoms with Crippen molar-refractivity contribution < 1.29 is 9.66 Å². The molecule has 0 aromatic heterocycles. The Bertz CT molecular complexity index is 422. The van der Waals surface area contributed by atoms with Gasteiger partial charge in [0.15, 0.2) is 5.11 Å². The minimum Gasteiger partial charge on any atom is -0.496 e. The van der Waals surface area contributed by atoms with Gasteiger partial charge in [0.2, 0.25) is 0 Å². The lowest BCUT2D eigenvalue weighted by atomic mass is 10.2. The summed E-state index contributed by atoms with van der Waals surface area (Å²) in [4.78, 5) is 10.3. The predicted molar refractivity (Wildman–Crippen MR) is 64.9 cm³/mol. The van der Waals surface area contributed by atoms with Crippen LogP contribution >= 0.6 is 12.2 Å². The summed E-state index contributed by atoms with van der Waals surface area (Å²) in [6, 6.07) is 4.49. The van der Waals surface area contributed by atoms with Crippen LogP contribution in [0.2, 0.25) is 0 Å². The molecule has 16 heavy (non-hydrogen) atoms. The quantitative estimate of drug-likeness (QED) is 0.474. The van der Waals surface area contributed by atoms with E-state index in [1.165, 1.54) is 13.2 Å². The average molecular weight is 241 g/mol. The molecular weight excluding hydrogens is 230 g/mol. The summed E-state index contributed by atoms with van der Waals surface area (Å²) in [7, 11) is 3.08. The van der Waals surface area contributed by atoms with Crippen LogP contribution in [0.5, 0.6) is 5.75 Å². The van der Waals surface area contributed by atoms with Crippen LogP contribution in [-0.2, 0) is 0 Å². The van der Waals surface area contributed by atoms with Crippen molar-refractivity contribution in [2.24, 2.45) is 0 Å². The van der Waals surface area contributed by atoms with E-state index in [0.717, 1.165) is 0 Å². The van der Waals surface area contributed by atoms with Crippen LogP contribution in [0.25, 0.3) is 0 Å². The highest BCUT2D eigenvalue weighted by Gasteiger charge is 2.15. The lowest BCUT2D eigenvalue weighted by molar-refractivity contribution is -0.384. The smallest absolute Gasteiger partial charge is 0.296 e. The molecule has 0 atom stereocenters. The van der Waals surface area contributed by atoms with Crippen LogP contribution in [0.15, 0.2) is 18.2 Å². The minimum atomic E-state index is -0.497. The minimum absolute atomic E-state index is 0.0862. The molecule has 0 radical (unpaired) electrons. The lowest BCUT2D eigenvalue weighted by Crippen LogP contribution is -2.24. The third-order valence-corrected chi connectivity index (χ3v) is 2.18. The van der Waals surface area contributed by atoms with Crippen molar-refractivity contribution in [1.29, 1.82) is 0 Å². The Hall–Kier alpha value is -1.89. The predicted octanol–water partition coefficient (Wildman–Crippen LogP) is 1.52. The monoisotopic (exact) mass is 241 g/mol. The fourth-order valence-corrected chi connectivity index (χ4v) is 1.19. The number of benzene rings is 1. The SMILES string of the molecule is CNC(=S)Nc1ccc(OC)cc1[N+](=O)[O-]. The summed E-state index contributed by atoms with van der Waals surface area (Å²) in [5.41, 5.74) is 0.238. The molecule has 0 aliphatic heterocycles. The van der Waals surface area contributed by atoms with Gasteiger partial charge in [-0.25, -0.2) is 0 Å². The normalized spacial score (nSPS) is 9.38. The third-order valence-electron chi connectivity index (χ3n) is 1.88. The maximum absolute atomic E-state index is 10.8. The van der Waals surface area contributed by atoms with Crippen molar-refractivity contribution in [3.05, 3.63) is 28.3 Å². The van der Waals surface area contributed by atoms with Gasteiger partial charge in [0.1, 0.15) is 11.4 Å². The molecule has 1 rings (SSSR count). The standard InChI is InChI=1S/C9H11N3O3S/c1-10-9(16)11-7-4-3-6(15-2)5-8(7)12(13)14/h3-5H,1-2H3,(H2,10,11,16). The number of rotatable bonds is 3. The second-order valence-corrected chi connectivity index (χ2v) is 3.25. The molecule has 0 aliphatic carbocycles. The first-order valence-electron chi connectivity index (χ1n) is 4.39. The highest BCUT2D eigenvalue weighted by Crippen LogP contribution is 2.28. The maximum Gasteiger partial charge on any atom is 0.296 e. The molecule has 6 nitrogen and oxygen atoms in total. The first-order valence-corrected chi connectivity index (χ1v) is 4.80. The number of nitro benzene ring substituents is 1. The fourth-order valence-electron chi connectivity index (χ4n) is 1.08. The van der Waals surface area contributed by atoms with Gasteiger partial charge in [0.05, 0.1) is 18.1 Å². The number of methoxy groups -OCH3 is 1. The van der Waals surface area contributed by atoms with Gasteiger partial charge in [-0.2, -0.15) is 0 Å². The van der Waals surface area contributed by atoms with E-state index in [-0.39, 0.29) is 5.69 Å². The van der Waals surface area contributed by atoms with Crippen molar-refractivity contribution in [2.45, 2.75) is 0 Å². The molecule has 86 valence electrons. The van der Waals surface area contributed by atoms with E-state index in [0.29, 0.717) is 16.5 Å². The molecule has 1 aromatic carbocycles. The maximum atomic E-state index is 10.8. The zero-order valence-electron chi connectivity index (χ0n) is 8.81. The number of nitrogens with one attached hydrogen (secondary N) is 2. The van der Waals surface area contributed by atoms with E-state index in [4.69, 9.17) is 17.0 Å². The second-order valence-electron chi connectivity index (χ2n) is 2.84. The Labute approximate surface area is 97.8 Å². The largest absolute Gasteiger partial charge is 0.496 e. The second kappa shape index (κ2) is 5.26. The zero-order valence-corrected chi connectivity index (χ0v) is 9.63. The number of hydrogen-bond acceptors (Lipinski definition) is 4. The van der Waals surface area contributed by atoms with Crippen molar-refractivity contribution in [2.75, 3.05) is 19.5 Å². The summed E-state index contributed by atoms with van der Waals surface area (Å²) < 4.78 is 4.91. The van der Waals surface area contributed by atoms with Crippen LogP contribution in [0.1, 0.15) is 0 Å². The molecule has 7 heteroatoms. The molecule has 0 bridgehead atoms. The Kier molecular flexibility index (Phi) is 4.01. The molecule has 0 fully saturated rings. The first kappa shape index (κ1) is 12.2. The molecule has 0 unspecified atom stereocenters. The summed E-state index contributed by atoms with van der Waals surface area (Å²) in [5.74, 6) is 0.424. The zero-order chi connectivity index (χ0) is 12.1. The topological polar surface area (TPSA) is 76.4 Å². The van der Waals surface area contributed by atoms with E-state index in [2.05, 4.69) is 10.6 Å². The molecule has 0 saturated carbocycles. The Morgan fingerprint density at radius 1 is 1.56 bits per heavy atom. The molecule has 0 saturated heterocycles. The average Bonchev–Trinajstić information content (AvgIpc) is 2.29. The van der Waals surface area contributed by atoms with Crippen LogP contribution in [0.4, 0.5) is 11.4 Å². The third kappa shape index (κ3) is 2.80. The van der Waals surface area contributed by atoms with E-state index in [9.17, 15) is 10.1 Å². The van der Waals surface area contributed by atoms with Gasteiger partial charge in [-0.1, -0.05) is 0 Å². The van der Waals surface area contributed by atoms with E-state index in [1.807, 2.05) is 0 Å². The van der Waals surface area contributed by atoms with Gasteiger partial charge >= 0.3 is 0 Å². The molecule has 0 spiro atoms. The number of nitro groups is 1. The van der Waals surface area contributed by atoms with Gasteiger partial charge in [0, 0.05) is 7.05 Å². The van der Waals surface area contributed by atoms with Crippen molar-refractivity contribution >= 4 is 28.7 Å². The molecule has 1 aromatic rings. The van der Waals surface area contributed by atoms with Gasteiger partial charge in [-0.3, -0.25) is 10.1 Å². The molecule has 0 heterocycles.